The molecule has 0 amide bonds. The molecular weight excluding hydrogens is 412 g/mol. The van der Waals surface area contributed by atoms with Gasteiger partial charge in [-0.3, -0.25) is 0 Å². The summed E-state index contributed by atoms with van der Waals surface area (Å²) in [7, 11) is 1.70. The highest BCUT2D eigenvalue weighted by Crippen LogP contribution is 2.25. The topological polar surface area (TPSA) is 18.0 Å². The zero-order chi connectivity index (χ0) is 17.2. The van der Waals surface area contributed by atoms with Crippen LogP contribution in [0.5, 0.6) is 5.75 Å². The first-order valence-electron chi connectivity index (χ1n) is 8.81. The first-order valence-corrected chi connectivity index (χ1v) is 9.18. The third kappa shape index (κ3) is 3.67. The number of aromatic nitrogens is 2. The van der Waals surface area contributed by atoms with Crippen molar-refractivity contribution in [1.29, 1.82) is 0 Å². The van der Waals surface area contributed by atoms with E-state index in [9.17, 15) is 0 Å². The van der Waals surface area contributed by atoms with E-state index in [0.717, 1.165) is 29.4 Å². The summed E-state index contributed by atoms with van der Waals surface area (Å²) >= 11 is 6.07. The Kier molecular flexibility index (Phi) is 6.05. The van der Waals surface area contributed by atoms with Crippen molar-refractivity contribution >= 4 is 11.6 Å². The maximum Gasteiger partial charge on any atom is 0.262 e. The summed E-state index contributed by atoms with van der Waals surface area (Å²) in [5.41, 5.74) is 3.64. The van der Waals surface area contributed by atoms with Crippen LogP contribution in [0.25, 0.3) is 16.9 Å². The molecule has 2 heterocycles. The fourth-order valence-electron chi connectivity index (χ4n) is 3.59. The lowest BCUT2D eigenvalue weighted by Gasteiger charge is -2.04. The van der Waals surface area contributed by atoms with Crippen molar-refractivity contribution in [2.45, 2.75) is 32.2 Å². The van der Waals surface area contributed by atoms with E-state index >= 15 is 0 Å². The summed E-state index contributed by atoms with van der Waals surface area (Å²) in [6.07, 6.45) is 7.10. The molecule has 1 aliphatic rings. The normalized spacial score (nSPS) is 13.5. The van der Waals surface area contributed by atoms with Gasteiger partial charge in [-0.2, -0.15) is 4.57 Å². The summed E-state index contributed by atoms with van der Waals surface area (Å²) in [6.45, 7) is 1.07. The van der Waals surface area contributed by atoms with E-state index in [1.165, 1.54) is 36.3 Å². The van der Waals surface area contributed by atoms with Crippen LogP contribution in [-0.2, 0) is 13.0 Å². The molecule has 0 radical (unpaired) electrons. The molecular formula is C21H22BrClN2O. The fourth-order valence-corrected chi connectivity index (χ4v) is 3.71. The Morgan fingerprint density at radius 2 is 1.69 bits per heavy atom. The van der Waals surface area contributed by atoms with Gasteiger partial charge in [0.1, 0.15) is 17.6 Å². The zero-order valence-corrected chi connectivity index (χ0v) is 17.1. The number of nitrogens with zero attached hydrogens (tertiary/aromatic N) is 2. The lowest BCUT2D eigenvalue weighted by atomic mass is 10.1. The monoisotopic (exact) mass is 432 g/mol. The Bertz CT molecular complexity index is 872. The number of ether oxygens (including phenoxy) is 1. The number of halogens is 2. The number of hydrogen-bond acceptors (Lipinski definition) is 1. The SMILES string of the molecule is COc1ccc(-c2cn(-c3ccc(Cl)cc3)c3[n+]2CCCCC3)cc1.[Br-]. The van der Waals surface area contributed by atoms with E-state index in [1.54, 1.807) is 7.11 Å². The van der Waals surface area contributed by atoms with E-state index in [2.05, 4.69) is 39.6 Å². The molecule has 0 unspecified atom stereocenters. The molecule has 0 atom stereocenters. The summed E-state index contributed by atoms with van der Waals surface area (Å²) in [4.78, 5) is 0. The van der Waals surface area contributed by atoms with Gasteiger partial charge in [0.15, 0.2) is 5.69 Å². The molecule has 0 saturated carbocycles. The lowest BCUT2D eigenvalue weighted by molar-refractivity contribution is -0.692. The Hall–Kier alpha value is -1.78. The van der Waals surface area contributed by atoms with Crippen molar-refractivity contribution in [3.63, 3.8) is 0 Å². The second kappa shape index (κ2) is 8.28. The van der Waals surface area contributed by atoms with Crippen molar-refractivity contribution in [2.75, 3.05) is 7.11 Å². The molecule has 0 bridgehead atoms. The van der Waals surface area contributed by atoms with Gasteiger partial charge in [-0.25, -0.2) is 4.57 Å². The highest BCUT2D eigenvalue weighted by atomic mass is 79.9. The second-order valence-electron chi connectivity index (χ2n) is 6.47. The molecule has 0 N–H and O–H groups in total. The minimum absolute atomic E-state index is 0. The van der Waals surface area contributed by atoms with Gasteiger partial charge in [-0.1, -0.05) is 11.6 Å². The third-order valence-corrected chi connectivity index (χ3v) is 5.16. The molecule has 26 heavy (non-hydrogen) atoms. The molecule has 4 rings (SSSR count). The molecule has 0 spiro atoms. The molecule has 1 aliphatic heterocycles. The molecule has 1 aromatic heterocycles. The first kappa shape index (κ1) is 19.0. The number of rotatable bonds is 3. The van der Waals surface area contributed by atoms with E-state index < -0.39 is 0 Å². The predicted octanol–water partition coefficient (Wildman–Crippen LogP) is 1.82. The van der Waals surface area contributed by atoms with E-state index in [0.29, 0.717) is 0 Å². The molecule has 136 valence electrons. The average molecular weight is 434 g/mol. The van der Waals surface area contributed by atoms with Crippen molar-refractivity contribution < 1.29 is 26.3 Å². The first-order chi connectivity index (χ1) is 12.3. The van der Waals surface area contributed by atoms with Gasteiger partial charge in [-0.05, 0) is 67.8 Å². The van der Waals surface area contributed by atoms with Crippen LogP contribution in [0.4, 0.5) is 0 Å². The second-order valence-corrected chi connectivity index (χ2v) is 6.90. The summed E-state index contributed by atoms with van der Waals surface area (Å²) in [5.74, 6) is 2.25. The largest absolute Gasteiger partial charge is 1.00 e. The van der Waals surface area contributed by atoms with Gasteiger partial charge in [0, 0.05) is 17.0 Å². The number of fused-ring (bicyclic) bond motifs is 1. The van der Waals surface area contributed by atoms with Crippen LogP contribution in [0.1, 0.15) is 25.1 Å². The maximum atomic E-state index is 6.07. The Balaban J connectivity index is 0.00000196. The summed E-state index contributed by atoms with van der Waals surface area (Å²) < 4.78 is 10.1. The van der Waals surface area contributed by atoms with Gasteiger partial charge in [0.25, 0.3) is 5.82 Å². The van der Waals surface area contributed by atoms with Crippen LogP contribution in [0.15, 0.2) is 54.7 Å². The van der Waals surface area contributed by atoms with Crippen molar-refractivity contribution in [2.24, 2.45) is 0 Å². The Morgan fingerprint density at radius 1 is 0.962 bits per heavy atom. The molecule has 0 saturated heterocycles. The standard InChI is InChI=1S/C21H22ClN2O.BrH/c1-25-19-12-6-16(7-13-19)20-15-24(18-10-8-17(22)9-11-18)21-5-3-2-4-14-23(20)21;/h6-13,15H,2-5,14H2,1H3;1H/q+1;/p-1. The van der Waals surface area contributed by atoms with Crippen LogP contribution in [0.3, 0.4) is 0 Å². The highest BCUT2D eigenvalue weighted by Gasteiger charge is 2.26. The van der Waals surface area contributed by atoms with E-state index in [4.69, 9.17) is 16.3 Å². The van der Waals surface area contributed by atoms with Gasteiger partial charge < -0.3 is 21.7 Å². The minimum atomic E-state index is 0. The number of hydrogen-bond donors (Lipinski definition) is 0. The fraction of sp³-hybridized carbons (Fsp3) is 0.286. The van der Waals surface area contributed by atoms with Crippen LogP contribution in [0, 0.1) is 0 Å². The van der Waals surface area contributed by atoms with Crippen LogP contribution in [-0.4, -0.2) is 11.7 Å². The van der Waals surface area contributed by atoms with Gasteiger partial charge in [0.05, 0.1) is 13.7 Å². The van der Waals surface area contributed by atoms with Crippen LogP contribution in [0.2, 0.25) is 5.02 Å². The number of methoxy groups -OCH3 is 1. The van der Waals surface area contributed by atoms with E-state index in [1.807, 2.05) is 24.3 Å². The zero-order valence-electron chi connectivity index (χ0n) is 14.8. The van der Waals surface area contributed by atoms with Crippen LogP contribution >= 0.6 is 11.6 Å². The molecule has 5 heteroatoms. The summed E-state index contributed by atoms with van der Waals surface area (Å²) in [6, 6.07) is 16.4. The highest BCUT2D eigenvalue weighted by molar-refractivity contribution is 6.30. The maximum absolute atomic E-state index is 6.07. The Labute approximate surface area is 170 Å². The minimum Gasteiger partial charge on any atom is -1.00 e. The lowest BCUT2D eigenvalue weighted by Crippen LogP contribution is -3.00. The third-order valence-electron chi connectivity index (χ3n) is 4.90. The average Bonchev–Trinajstić information content (AvgIpc) is 2.84. The van der Waals surface area contributed by atoms with Crippen molar-refractivity contribution in [3.05, 3.63) is 65.6 Å². The van der Waals surface area contributed by atoms with Gasteiger partial charge in [-0.15, -0.1) is 0 Å². The summed E-state index contributed by atoms with van der Waals surface area (Å²) in [5, 5.41) is 0.769. The molecule has 2 aromatic carbocycles. The quantitative estimate of drug-likeness (QED) is 0.576. The molecule has 0 aliphatic carbocycles. The Morgan fingerprint density at radius 3 is 2.38 bits per heavy atom. The predicted molar refractivity (Wildman–Crippen MR) is 101 cm³/mol. The van der Waals surface area contributed by atoms with Crippen LogP contribution < -0.4 is 26.3 Å². The number of benzene rings is 2. The van der Waals surface area contributed by atoms with Crippen molar-refractivity contribution in [3.8, 4) is 22.7 Å². The number of imidazole rings is 1. The molecule has 3 nitrogen and oxygen atoms in total. The molecule has 3 aromatic rings. The van der Waals surface area contributed by atoms with Gasteiger partial charge >= 0.3 is 0 Å². The smallest absolute Gasteiger partial charge is 0.262 e. The molecule has 0 fully saturated rings. The van der Waals surface area contributed by atoms with Crippen molar-refractivity contribution in [1.82, 2.24) is 4.57 Å². The van der Waals surface area contributed by atoms with E-state index in [-0.39, 0.29) is 17.0 Å². The van der Waals surface area contributed by atoms with Gasteiger partial charge in [0.2, 0.25) is 0 Å².